The molecule has 0 saturated carbocycles. The number of carbonyl (C=O) groups excluding carboxylic acids is 1. The number of benzene rings is 2. The van der Waals surface area contributed by atoms with Gasteiger partial charge in [0.15, 0.2) is 11.6 Å². The average molecular weight is 594 g/mol. The Bertz CT molecular complexity index is 1230. The van der Waals surface area contributed by atoms with E-state index in [1.165, 1.54) is 77.2 Å². The standard InChI is InChI=1S/C37H49F2NO3/c1-4-6-7-8-9-10-11-12-13-14-15-16-26-42-35-24-20-30(27-33(35)38)34-23-19-31(28-40-34)29-17-21-32(22-18-29)43-36(41)37(3,39)25-5-2/h17-24,27-28H,4-16,25-26H2,1-3H3/t37-/m0/s1. The van der Waals surface area contributed by atoms with Crippen LogP contribution >= 0.6 is 0 Å². The first-order chi connectivity index (χ1) is 20.8. The molecule has 234 valence electrons. The van der Waals surface area contributed by atoms with Gasteiger partial charge in [0.25, 0.3) is 0 Å². The number of halogens is 2. The fraction of sp³-hybridized carbons (Fsp3) is 0.514. The number of esters is 1. The minimum atomic E-state index is -2.01. The van der Waals surface area contributed by atoms with E-state index < -0.39 is 17.5 Å². The molecule has 0 N–H and O–H groups in total. The molecule has 0 fully saturated rings. The van der Waals surface area contributed by atoms with E-state index in [0.29, 0.717) is 24.3 Å². The van der Waals surface area contributed by atoms with Gasteiger partial charge in [-0.05, 0) is 61.7 Å². The highest BCUT2D eigenvalue weighted by Gasteiger charge is 2.34. The third-order valence-electron chi connectivity index (χ3n) is 7.79. The molecule has 0 aliphatic rings. The highest BCUT2D eigenvalue weighted by Crippen LogP contribution is 2.28. The van der Waals surface area contributed by atoms with Crippen molar-refractivity contribution in [2.75, 3.05) is 6.61 Å². The van der Waals surface area contributed by atoms with Crippen molar-refractivity contribution in [2.24, 2.45) is 0 Å². The zero-order valence-electron chi connectivity index (χ0n) is 26.3. The molecule has 43 heavy (non-hydrogen) atoms. The summed E-state index contributed by atoms with van der Waals surface area (Å²) in [7, 11) is 0. The van der Waals surface area contributed by atoms with Crippen LogP contribution in [0.5, 0.6) is 11.5 Å². The second-order valence-electron chi connectivity index (χ2n) is 11.7. The number of unbranched alkanes of at least 4 members (excludes halogenated alkanes) is 11. The molecule has 0 aliphatic carbocycles. The van der Waals surface area contributed by atoms with Gasteiger partial charge in [-0.15, -0.1) is 0 Å². The van der Waals surface area contributed by atoms with E-state index in [0.717, 1.165) is 24.0 Å². The van der Waals surface area contributed by atoms with E-state index in [4.69, 9.17) is 9.47 Å². The van der Waals surface area contributed by atoms with E-state index in [1.807, 2.05) is 25.1 Å². The van der Waals surface area contributed by atoms with Crippen LogP contribution in [0.1, 0.15) is 111 Å². The summed E-state index contributed by atoms with van der Waals surface area (Å²) in [4.78, 5) is 16.6. The first-order valence-electron chi connectivity index (χ1n) is 16.2. The van der Waals surface area contributed by atoms with E-state index in [9.17, 15) is 13.6 Å². The Morgan fingerprint density at radius 1 is 0.744 bits per heavy atom. The zero-order valence-corrected chi connectivity index (χ0v) is 26.3. The van der Waals surface area contributed by atoms with Gasteiger partial charge in [0.1, 0.15) is 5.75 Å². The van der Waals surface area contributed by atoms with E-state index in [-0.39, 0.29) is 17.9 Å². The molecule has 0 bridgehead atoms. The molecule has 2 aromatic carbocycles. The van der Waals surface area contributed by atoms with E-state index >= 15 is 0 Å². The predicted octanol–water partition coefficient (Wildman–Crippen LogP) is 11.1. The van der Waals surface area contributed by atoms with Crippen LogP contribution in [0.2, 0.25) is 0 Å². The van der Waals surface area contributed by atoms with Crippen molar-refractivity contribution in [1.29, 1.82) is 0 Å². The fourth-order valence-corrected chi connectivity index (χ4v) is 5.14. The third kappa shape index (κ3) is 11.7. The van der Waals surface area contributed by atoms with Crippen LogP contribution in [0.25, 0.3) is 22.4 Å². The van der Waals surface area contributed by atoms with Gasteiger partial charge < -0.3 is 9.47 Å². The van der Waals surface area contributed by atoms with Gasteiger partial charge in [-0.3, -0.25) is 4.98 Å². The number of ether oxygens (including phenoxy) is 2. The van der Waals surface area contributed by atoms with Gasteiger partial charge in [0.2, 0.25) is 5.67 Å². The van der Waals surface area contributed by atoms with Crippen LogP contribution in [0.3, 0.4) is 0 Å². The SMILES string of the molecule is CCCCCCCCCCCCCCOc1ccc(-c2ccc(-c3ccc(OC(=O)[C@@](C)(F)CCC)cc3)cn2)cc1F. The monoisotopic (exact) mass is 593 g/mol. The molecule has 0 unspecified atom stereocenters. The average Bonchev–Trinajstić information content (AvgIpc) is 3.00. The van der Waals surface area contributed by atoms with Crippen molar-refractivity contribution in [3.05, 3.63) is 66.6 Å². The molecule has 0 aliphatic heterocycles. The minimum Gasteiger partial charge on any atom is -0.491 e. The molecule has 4 nitrogen and oxygen atoms in total. The lowest BCUT2D eigenvalue weighted by Crippen LogP contribution is -2.34. The molecule has 1 aromatic heterocycles. The number of pyridine rings is 1. The molecule has 6 heteroatoms. The van der Waals surface area contributed by atoms with Crippen LogP contribution in [0, 0.1) is 5.82 Å². The molecular formula is C37H49F2NO3. The van der Waals surface area contributed by atoms with E-state index in [1.54, 1.807) is 36.5 Å². The molecule has 0 saturated heterocycles. The number of hydrogen-bond acceptors (Lipinski definition) is 4. The lowest BCUT2D eigenvalue weighted by atomic mass is 10.0. The van der Waals surface area contributed by atoms with Gasteiger partial charge >= 0.3 is 5.97 Å². The van der Waals surface area contributed by atoms with Gasteiger partial charge in [-0.25, -0.2) is 13.6 Å². The Morgan fingerprint density at radius 3 is 1.88 bits per heavy atom. The van der Waals surface area contributed by atoms with Crippen molar-refractivity contribution in [3.63, 3.8) is 0 Å². The fourth-order valence-electron chi connectivity index (χ4n) is 5.14. The number of rotatable bonds is 20. The third-order valence-corrected chi connectivity index (χ3v) is 7.79. The summed E-state index contributed by atoms with van der Waals surface area (Å²) in [6.07, 6.45) is 17.7. The summed E-state index contributed by atoms with van der Waals surface area (Å²) < 4.78 is 40.1. The smallest absolute Gasteiger partial charge is 0.348 e. The minimum absolute atomic E-state index is 0.112. The van der Waals surface area contributed by atoms with Crippen molar-refractivity contribution in [3.8, 4) is 33.9 Å². The number of aromatic nitrogens is 1. The van der Waals surface area contributed by atoms with Crippen LogP contribution in [-0.2, 0) is 4.79 Å². The highest BCUT2D eigenvalue weighted by atomic mass is 19.1. The van der Waals surface area contributed by atoms with Crippen molar-refractivity contribution >= 4 is 5.97 Å². The maximum Gasteiger partial charge on any atom is 0.348 e. The molecule has 3 aromatic rings. The van der Waals surface area contributed by atoms with Crippen molar-refractivity contribution in [1.82, 2.24) is 4.98 Å². The summed E-state index contributed by atoms with van der Waals surface area (Å²) in [5, 5.41) is 0. The molecule has 0 radical (unpaired) electrons. The largest absolute Gasteiger partial charge is 0.491 e. The normalized spacial score (nSPS) is 12.6. The molecule has 0 amide bonds. The summed E-state index contributed by atoms with van der Waals surface area (Å²) in [5.74, 6) is -0.723. The second kappa shape index (κ2) is 18.4. The van der Waals surface area contributed by atoms with Crippen molar-refractivity contribution in [2.45, 2.75) is 116 Å². The quantitative estimate of drug-likeness (QED) is 0.0743. The lowest BCUT2D eigenvalue weighted by molar-refractivity contribution is -0.147. The first kappa shape index (κ1) is 34.2. The Morgan fingerprint density at radius 2 is 1.33 bits per heavy atom. The maximum absolute atomic E-state index is 14.8. The Balaban J connectivity index is 1.40. The Hall–Kier alpha value is -3.28. The Kier molecular flexibility index (Phi) is 14.6. The topological polar surface area (TPSA) is 48.4 Å². The van der Waals surface area contributed by atoms with Crippen molar-refractivity contribution < 1.29 is 23.0 Å². The predicted molar refractivity (Wildman–Crippen MR) is 172 cm³/mol. The molecular weight excluding hydrogens is 544 g/mol. The van der Waals surface area contributed by atoms with E-state index in [2.05, 4.69) is 11.9 Å². The first-order valence-corrected chi connectivity index (χ1v) is 16.2. The van der Waals surface area contributed by atoms with Crippen LogP contribution in [-0.4, -0.2) is 23.2 Å². The molecule has 1 atom stereocenters. The van der Waals surface area contributed by atoms with Gasteiger partial charge in [-0.1, -0.05) is 109 Å². The number of nitrogens with zero attached hydrogens (tertiary/aromatic N) is 1. The summed E-state index contributed by atoms with van der Waals surface area (Å²) >= 11 is 0. The molecule has 1 heterocycles. The van der Waals surface area contributed by atoms with Crippen LogP contribution < -0.4 is 9.47 Å². The second-order valence-corrected chi connectivity index (χ2v) is 11.7. The highest BCUT2D eigenvalue weighted by molar-refractivity contribution is 5.81. The summed E-state index contributed by atoms with van der Waals surface area (Å²) in [6.45, 7) is 5.84. The van der Waals surface area contributed by atoms with Gasteiger partial charge in [0, 0.05) is 17.3 Å². The molecule has 3 rings (SSSR count). The molecule has 0 spiro atoms. The maximum atomic E-state index is 14.8. The number of alkyl halides is 1. The van der Waals surface area contributed by atoms with Gasteiger partial charge in [0.05, 0.1) is 12.3 Å². The number of hydrogen-bond donors (Lipinski definition) is 0. The van der Waals surface area contributed by atoms with Crippen LogP contribution in [0.4, 0.5) is 8.78 Å². The Labute approximate surface area is 257 Å². The zero-order chi connectivity index (χ0) is 30.9. The number of carbonyl (C=O) groups is 1. The summed E-state index contributed by atoms with van der Waals surface area (Å²) in [5.41, 5.74) is 1.03. The van der Waals surface area contributed by atoms with Crippen LogP contribution in [0.15, 0.2) is 60.8 Å². The van der Waals surface area contributed by atoms with Gasteiger partial charge in [-0.2, -0.15) is 0 Å². The lowest BCUT2D eigenvalue weighted by Gasteiger charge is -2.17. The summed E-state index contributed by atoms with van der Waals surface area (Å²) in [6, 6.07) is 15.5.